The highest BCUT2D eigenvalue weighted by Gasteiger charge is 2.29. The van der Waals surface area contributed by atoms with Crippen LogP contribution in [-0.4, -0.2) is 18.0 Å². The predicted molar refractivity (Wildman–Crippen MR) is 77.6 cm³/mol. The number of aryl methyl sites for hydroxylation is 1. The Morgan fingerprint density at radius 1 is 1.39 bits per heavy atom. The summed E-state index contributed by atoms with van der Waals surface area (Å²) in [4.78, 5) is 4.56. The van der Waals surface area contributed by atoms with Gasteiger partial charge >= 0.3 is 0 Å². The largest absolute Gasteiger partial charge is 0.496 e. The molecule has 0 N–H and O–H groups in total. The maximum absolute atomic E-state index is 6.15. The molecule has 0 saturated carbocycles. The molecule has 2 nitrogen and oxygen atoms in total. The highest BCUT2D eigenvalue weighted by atomic mass is 35.5. The summed E-state index contributed by atoms with van der Waals surface area (Å²) < 4.78 is 5.45. The van der Waals surface area contributed by atoms with E-state index in [4.69, 9.17) is 16.3 Å². The number of pyridine rings is 1. The predicted octanol–water partition coefficient (Wildman–Crippen LogP) is 4.15. The van der Waals surface area contributed by atoms with Gasteiger partial charge in [0, 0.05) is 28.9 Å². The highest BCUT2D eigenvalue weighted by Crippen LogP contribution is 2.35. The molecule has 0 radical (unpaired) electrons. The first kappa shape index (κ1) is 15.3. The minimum Gasteiger partial charge on any atom is -0.496 e. The van der Waals surface area contributed by atoms with Gasteiger partial charge in [0.15, 0.2) is 0 Å². The summed E-state index contributed by atoms with van der Waals surface area (Å²) in [5.41, 5.74) is 3.37. The number of methoxy groups -OCH3 is 1. The van der Waals surface area contributed by atoms with Crippen molar-refractivity contribution in [2.24, 2.45) is 11.3 Å². The Morgan fingerprint density at radius 2 is 2.00 bits per heavy atom. The smallest absolute Gasteiger partial charge is 0.128 e. The monoisotopic (exact) mass is 269 g/mol. The van der Waals surface area contributed by atoms with Gasteiger partial charge in [0.25, 0.3) is 0 Å². The lowest BCUT2D eigenvalue weighted by molar-refractivity contribution is 0.250. The van der Waals surface area contributed by atoms with Crippen LogP contribution in [0.1, 0.15) is 37.6 Å². The number of nitrogens with zero attached hydrogens (tertiary/aromatic N) is 1. The van der Waals surface area contributed by atoms with Gasteiger partial charge in [-0.3, -0.25) is 4.98 Å². The van der Waals surface area contributed by atoms with Gasteiger partial charge in [-0.15, -0.1) is 11.6 Å². The molecule has 0 fully saturated rings. The standard InChI is InChI=1S/C15H24ClNO/c1-10(2)15(5,9-16)7-13-12(4)14(18-6)11(3)8-17-13/h8,10H,7,9H2,1-6H3. The van der Waals surface area contributed by atoms with Crippen LogP contribution in [0.3, 0.4) is 0 Å². The Bertz CT molecular complexity index is 417. The van der Waals surface area contributed by atoms with Crippen LogP contribution in [0, 0.1) is 25.2 Å². The van der Waals surface area contributed by atoms with Crippen LogP contribution >= 0.6 is 11.6 Å². The number of alkyl halides is 1. The molecule has 0 saturated heterocycles. The van der Waals surface area contributed by atoms with E-state index in [0.717, 1.165) is 29.0 Å². The summed E-state index contributed by atoms with van der Waals surface area (Å²) in [5.74, 6) is 2.10. The van der Waals surface area contributed by atoms with Crippen LogP contribution < -0.4 is 4.74 Å². The first-order valence-electron chi connectivity index (χ1n) is 6.40. The maximum atomic E-state index is 6.15. The SMILES string of the molecule is COc1c(C)cnc(CC(C)(CCl)C(C)C)c1C. The topological polar surface area (TPSA) is 22.1 Å². The number of rotatable bonds is 5. The average Bonchev–Trinajstić information content (AvgIpc) is 2.33. The second-order valence-corrected chi connectivity index (χ2v) is 5.93. The molecular weight excluding hydrogens is 246 g/mol. The van der Waals surface area contributed by atoms with E-state index in [1.807, 2.05) is 13.1 Å². The zero-order chi connectivity index (χ0) is 13.9. The first-order valence-corrected chi connectivity index (χ1v) is 6.94. The number of halogens is 1. The summed E-state index contributed by atoms with van der Waals surface area (Å²) in [6.07, 6.45) is 2.77. The van der Waals surface area contributed by atoms with Gasteiger partial charge in [-0.1, -0.05) is 20.8 Å². The molecule has 0 aromatic carbocycles. The second kappa shape index (κ2) is 5.92. The molecule has 1 heterocycles. The number of aromatic nitrogens is 1. The minimum absolute atomic E-state index is 0.0690. The lowest BCUT2D eigenvalue weighted by atomic mass is 9.76. The lowest BCUT2D eigenvalue weighted by Crippen LogP contribution is -2.29. The first-order chi connectivity index (χ1) is 8.35. The van der Waals surface area contributed by atoms with Crippen molar-refractivity contribution < 1.29 is 4.74 Å². The quantitative estimate of drug-likeness (QED) is 0.749. The molecule has 0 amide bonds. The van der Waals surface area contributed by atoms with Crippen LogP contribution in [0.15, 0.2) is 6.20 Å². The van der Waals surface area contributed by atoms with Crippen LogP contribution in [-0.2, 0) is 6.42 Å². The minimum atomic E-state index is 0.0690. The van der Waals surface area contributed by atoms with Crippen LogP contribution in [0.2, 0.25) is 0 Å². The number of hydrogen-bond acceptors (Lipinski definition) is 2. The van der Waals surface area contributed by atoms with Crippen LogP contribution in [0.25, 0.3) is 0 Å². The van der Waals surface area contributed by atoms with Gasteiger partial charge in [0.05, 0.1) is 7.11 Å². The molecule has 0 aliphatic carbocycles. The highest BCUT2D eigenvalue weighted by molar-refractivity contribution is 6.18. The van der Waals surface area contributed by atoms with Crippen molar-refractivity contribution in [1.29, 1.82) is 0 Å². The van der Waals surface area contributed by atoms with Gasteiger partial charge in [-0.25, -0.2) is 0 Å². The fourth-order valence-corrected chi connectivity index (χ4v) is 2.44. The van der Waals surface area contributed by atoms with E-state index in [-0.39, 0.29) is 5.41 Å². The summed E-state index contributed by atoms with van der Waals surface area (Å²) in [5, 5.41) is 0. The molecule has 1 aromatic rings. The average molecular weight is 270 g/mol. The molecule has 0 aliphatic rings. The van der Waals surface area contributed by atoms with E-state index in [9.17, 15) is 0 Å². The normalized spacial score (nSPS) is 14.7. The molecule has 0 aliphatic heterocycles. The molecule has 18 heavy (non-hydrogen) atoms. The van der Waals surface area contributed by atoms with Crippen molar-refractivity contribution in [2.45, 2.75) is 41.0 Å². The van der Waals surface area contributed by atoms with E-state index < -0.39 is 0 Å². The Hall–Kier alpha value is -0.760. The fraction of sp³-hybridized carbons (Fsp3) is 0.667. The zero-order valence-corrected chi connectivity index (χ0v) is 13.1. The lowest BCUT2D eigenvalue weighted by Gasteiger charge is -2.32. The Kier molecular flexibility index (Phi) is 5.03. The molecule has 1 atom stereocenters. The third-order valence-electron chi connectivity index (χ3n) is 4.02. The van der Waals surface area contributed by atoms with Gasteiger partial charge in [-0.2, -0.15) is 0 Å². The molecule has 0 spiro atoms. The van der Waals surface area contributed by atoms with Crippen molar-refractivity contribution in [3.05, 3.63) is 23.0 Å². The Morgan fingerprint density at radius 3 is 2.44 bits per heavy atom. The van der Waals surface area contributed by atoms with E-state index in [1.54, 1.807) is 7.11 Å². The third-order valence-corrected chi connectivity index (χ3v) is 4.63. The molecule has 0 bridgehead atoms. The van der Waals surface area contributed by atoms with Crippen molar-refractivity contribution >= 4 is 11.6 Å². The summed E-state index contributed by atoms with van der Waals surface area (Å²) >= 11 is 6.15. The third kappa shape index (κ3) is 2.97. The maximum Gasteiger partial charge on any atom is 0.128 e. The van der Waals surface area contributed by atoms with Gasteiger partial charge in [0.2, 0.25) is 0 Å². The molecule has 102 valence electrons. The summed E-state index contributed by atoms with van der Waals surface area (Å²) in [6.45, 7) is 10.7. The number of hydrogen-bond donors (Lipinski definition) is 0. The van der Waals surface area contributed by atoms with Crippen molar-refractivity contribution in [3.8, 4) is 5.75 Å². The second-order valence-electron chi connectivity index (χ2n) is 5.67. The van der Waals surface area contributed by atoms with Gasteiger partial charge in [-0.05, 0) is 31.6 Å². The summed E-state index contributed by atoms with van der Waals surface area (Å²) in [7, 11) is 1.71. The summed E-state index contributed by atoms with van der Waals surface area (Å²) in [6, 6.07) is 0. The van der Waals surface area contributed by atoms with Crippen molar-refractivity contribution in [2.75, 3.05) is 13.0 Å². The van der Waals surface area contributed by atoms with Gasteiger partial charge < -0.3 is 4.74 Å². The molecule has 1 unspecified atom stereocenters. The van der Waals surface area contributed by atoms with Crippen molar-refractivity contribution in [1.82, 2.24) is 4.98 Å². The molecular formula is C15H24ClNO. The Labute approximate surface area is 116 Å². The van der Waals surface area contributed by atoms with Crippen molar-refractivity contribution in [3.63, 3.8) is 0 Å². The molecule has 1 aromatic heterocycles. The van der Waals surface area contributed by atoms with E-state index in [0.29, 0.717) is 11.8 Å². The molecule has 3 heteroatoms. The Balaban J connectivity index is 3.12. The van der Waals surface area contributed by atoms with E-state index in [1.165, 1.54) is 0 Å². The zero-order valence-electron chi connectivity index (χ0n) is 12.3. The molecule has 1 rings (SSSR count). The van der Waals surface area contributed by atoms with E-state index >= 15 is 0 Å². The van der Waals surface area contributed by atoms with Gasteiger partial charge in [0.1, 0.15) is 5.75 Å². The number of ether oxygens (including phenoxy) is 1. The van der Waals surface area contributed by atoms with E-state index in [2.05, 4.69) is 32.7 Å². The fourth-order valence-electron chi connectivity index (χ4n) is 2.04. The van der Waals surface area contributed by atoms with Crippen LogP contribution in [0.4, 0.5) is 0 Å². The van der Waals surface area contributed by atoms with Crippen LogP contribution in [0.5, 0.6) is 5.75 Å².